The van der Waals surface area contributed by atoms with Gasteiger partial charge < -0.3 is 10.3 Å². The molecule has 2 rings (SSSR count). The molecule has 22 heavy (non-hydrogen) atoms. The van der Waals surface area contributed by atoms with E-state index in [9.17, 15) is 9.59 Å². The highest BCUT2D eigenvalue weighted by molar-refractivity contribution is 5.71. The van der Waals surface area contributed by atoms with E-state index in [1.165, 1.54) is 7.05 Å². The SMILES string of the molecule is CCCCn1c(=O)n(C)c(=O)c2c1nc(C)n2CC(N)CC. The van der Waals surface area contributed by atoms with Gasteiger partial charge in [0.25, 0.3) is 5.56 Å². The molecular weight excluding hydrogens is 282 g/mol. The van der Waals surface area contributed by atoms with Gasteiger partial charge in [0.05, 0.1) is 0 Å². The Kier molecular flexibility index (Phi) is 4.85. The molecule has 2 N–H and O–H groups in total. The molecule has 7 nitrogen and oxygen atoms in total. The number of unbranched alkanes of at least 4 members (excludes halogenated alkanes) is 1. The van der Waals surface area contributed by atoms with Gasteiger partial charge in [0, 0.05) is 26.2 Å². The molecule has 122 valence electrons. The highest BCUT2D eigenvalue weighted by Crippen LogP contribution is 2.12. The summed E-state index contributed by atoms with van der Waals surface area (Å²) in [6.07, 6.45) is 2.65. The zero-order valence-electron chi connectivity index (χ0n) is 13.8. The molecule has 1 atom stereocenters. The lowest BCUT2D eigenvalue weighted by atomic mass is 10.2. The van der Waals surface area contributed by atoms with Crippen LogP contribution in [0.15, 0.2) is 9.59 Å². The van der Waals surface area contributed by atoms with Crippen molar-refractivity contribution in [2.75, 3.05) is 0 Å². The molecule has 0 saturated heterocycles. The first-order chi connectivity index (χ1) is 10.4. The molecule has 1 unspecified atom stereocenters. The van der Waals surface area contributed by atoms with Crippen LogP contribution in [0.1, 0.15) is 38.9 Å². The maximum Gasteiger partial charge on any atom is 0.332 e. The Labute approximate surface area is 129 Å². The van der Waals surface area contributed by atoms with E-state index in [0.717, 1.165) is 23.8 Å². The van der Waals surface area contributed by atoms with Crippen LogP contribution in [0.5, 0.6) is 0 Å². The summed E-state index contributed by atoms with van der Waals surface area (Å²) < 4.78 is 4.60. The van der Waals surface area contributed by atoms with Gasteiger partial charge in [-0.25, -0.2) is 9.78 Å². The number of aryl methyl sites for hydroxylation is 2. The van der Waals surface area contributed by atoms with Crippen molar-refractivity contribution in [3.63, 3.8) is 0 Å². The number of fused-ring (bicyclic) bond motifs is 1. The van der Waals surface area contributed by atoms with Crippen molar-refractivity contribution < 1.29 is 0 Å². The summed E-state index contributed by atoms with van der Waals surface area (Å²) >= 11 is 0. The Hall–Kier alpha value is -1.89. The minimum absolute atomic E-state index is 0.0446. The van der Waals surface area contributed by atoms with Crippen LogP contribution in [0.2, 0.25) is 0 Å². The summed E-state index contributed by atoms with van der Waals surface area (Å²) in [5, 5.41) is 0. The summed E-state index contributed by atoms with van der Waals surface area (Å²) in [6.45, 7) is 7.01. The van der Waals surface area contributed by atoms with E-state index < -0.39 is 0 Å². The lowest BCUT2D eigenvalue weighted by Gasteiger charge is -2.13. The van der Waals surface area contributed by atoms with Crippen molar-refractivity contribution in [2.45, 2.75) is 59.2 Å². The number of nitrogens with two attached hydrogens (primary N) is 1. The molecule has 7 heteroatoms. The second-order valence-corrected chi connectivity index (χ2v) is 5.76. The molecule has 0 fully saturated rings. The number of nitrogens with zero attached hydrogens (tertiary/aromatic N) is 4. The topological polar surface area (TPSA) is 87.8 Å². The van der Waals surface area contributed by atoms with Gasteiger partial charge in [0.2, 0.25) is 0 Å². The predicted octanol–water partition coefficient (Wildman–Crippen LogP) is 0.743. The quantitative estimate of drug-likeness (QED) is 0.852. The molecule has 0 aliphatic rings. The number of aromatic nitrogens is 4. The van der Waals surface area contributed by atoms with Gasteiger partial charge >= 0.3 is 5.69 Å². The van der Waals surface area contributed by atoms with Crippen LogP contribution < -0.4 is 17.0 Å². The molecule has 0 amide bonds. The summed E-state index contributed by atoms with van der Waals surface area (Å²) in [6, 6.07) is -0.0446. The number of hydrogen-bond donors (Lipinski definition) is 1. The fourth-order valence-corrected chi connectivity index (χ4v) is 2.57. The summed E-state index contributed by atoms with van der Waals surface area (Å²) in [5.74, 6) is 0.715. The minimum Gasteiger partial charge on any atom is -0.326 e. The third-order valence-electron chi connectivity index (χ3n) is 4.10. The van der Waals surface area contributed by atoms with E-state index in [-0.39, 0.29) is 17.3 Å². The van der Waals surface area contributed by atoms with Crippen molar-refractivity contribution in [1.82, 2.24) is 18.7 Å². The maximum atomic E-state index is 12.5. The Morgan fingerprint density at radius 1 is 1.23 bits per heavy atom. The average Bonchev–Trinajstić information content (AvgIpc) is 2.81. The molecule has 2 aromatic rings. The van der Waals surface area contributed by atoms with Gasteiger partial charge in [-0.05, 0) is 19.8 Å². The Bertz CT molecular complexity index is 784. The standard InChI is InChI=1S/C15H25N5O2/c1-5-7-8-19-13-12(14(21)18(4)15(19)22)20(10(3)17-13)9-11(16)6-2/h11H,5-9,16H2,1-4H3. The van der Waals surface area contributed by atoms with Crippen molar-refractivity contribution >= 4 is 11.2 Å². The van der Waals surface area contributed by atoms with E-state index >= 15 is 0 Å². The van der Waals surface area contributed by atoms with Gasteiger partial charge in [-0.2, -0.15) is 0 Å². The molecule has 0 radical (unpaired) electrons. The smallest absolute Gasteiger partial charge is 0.326 e. The predicted molar refractivity (Wildman–Crippen MR) is 87.1 cm³/mol. The van der Waals surface area contributed by atoms with E-state index in [4.69, 9.17) is 5.73 Å². The van der Waals surface area contributed by atoms with Crippen molar-refractivity contribution in [2.24, 2.45) is 12.8 Å². The zero-order chi connectivity index (χ0) is 16.4. The summed E-state index contributed by atoms with van der Waals surface area (Å²) in [7, 11) is 1.51. The first-order valence-corrected chi connectivity index (χ1v) is 7.84. The van der Waals surface area contributed by atoms with Crippen molar-refractivity contribution in [3.8, 4) is 0 Å². The summed E-state index contributed by atoms with van der Waals surface area (Å²) in [5.41, 5.74) is 6.36. The van der Waals surface area contributed by atoms with Crippen LogP contribution >= 0.6 is 0 Å². The average molecular weight is 307 g/mol. The molecule has 2 aromatic heterocycles. The largest absolute Gasteiger partial charge is 0.332 e. The van der Waals surface area contributed by atoms with E-state index in [1.807, 2.05) is 18.4 Å². The molecule has 0 aliphatic heterocycles. The van der Waals surface area contributed by atoms with Crippen LogP contribution in [-0.4, -0.2) is 24.7 Å². The van der Waals surface area contributed by atoms with E-state index in [1.54, 1.807) is 4.57 Å². The molecule has 0 spiro atoms. The van der Waals surface area contributed by atoms with Crippen LogP contribution in [0.4, 0.5) is 0 Å². The molecular formula is C15H25N5O2. The number of rotatable bonds is 6. The highest BCUT2D eigenvalue weighted by atomic mass is 16.2. The normalized spacial score (nSPS) is 13.0. The third-order valence-corrected chi connectivity index (χ3v) is 4.10. The maximum absolute atomic E-state index is 12.5. The first-order valence-electron chi connectivity index (χ1n) is 7.84. The Balaban J connectivity index is 2.75. The monoisotopic (exact) mass is 307 g/mol. The Morgan fingerprint density at radius 2 is 1.91 bits per heavy atom. The van der Waals surface area contributed by atoms with Gasteiger partial charge in [-0.3, -0.25) is 13.9 Å². The Morgan fingerprint density at radius 3 is 2.50 bits per heavy atom. The fraction of sp³-hybridized carbons (Fsp3) is 0.667. The lowest BCUT2D eigenvalue weighted by Crippen LogP contribution is -2.39. The van der Waals surface area contributed by atoms with Gasteiger partial charge in [0.15, 0.2) is 11.2 Å². The van der Waals surface area contributed by atoms with Gasteiger partial charge in [-0.1, -0.05) is 20.3 Å². The van der Waals surface area contributed by atoms with Crippen LogP contribution in [-0.2, 0) is 20.1 Å². The van der Waals surface area contributed by atoms with Crippen LogP contribution in [0.3, 0.4) is 0 Å². The molecule has 0 saturated carbocycles. The van der Waals surface area contributed by atoms with Crippen molar-refractivity contribution in [1.29, 1.82) is 0 Å². The number of imidazole rings is 1. The van der Waals surface area contributed by atoms with Crippen molar-refractivity contribution in [3.05, 3.63) is 26.7 Å². The second kappa shape index (κ2) is 6.48. The minimum atomic E-state index is -0.310. The van der Waals surface area contributed by atoms with E-state index in [0.29, 0.717) is 30.1 Å². The van der Waals surface area contributed by atoms with Crippen LogP contribution in [0, 0.1) is 6.92 Å². The second-order valence-electron chi connectivity index (χ2n) is 5.76. The lowest BCUT2D eigenvalue weighted by molar-refractivity contribution is 0.536. The highest BCUT2D eigenvalue weighted by Gasteiger charge is 2.19. The summed E-state index contributed by atoms with van der Waals surface area (Å²) in [4.78, 5) is 29.4. The zero-order valence-corrected chi connectivity index (χ0v) is 13.8. The number of hydrogen-bond acceptors (Lipinski definition) is 4. The fourth-order valence-electron chi connectivity index (χ4n) is 2.57. The first kappa shape index (κ1) is 16.5. The molecule has 0 aromatic carbocycles. The van der Waals surface area contributed by atoms with Gasteiger partial charge in [-0.15, -0.1) is 0 Å². The molecule has 0 aliphatic carbocycles. The van der Waals surface area contributed by atoms with Gasteiger partial charge in [0.1, 0.15) is 5.82 Å². The molecule has 0 bridgehead atoms. The van der Waals surface area contributed by atoms with E-state index in [2.05, 4.69) is 11.9 Å². The van der Waals surface area contributed by atoms with Crippen LogP contribution in [0.25, 0.3) is 11.2 Å². The molecule has 2 heterocycles. The third kappa shape index (κ3) is 2.72.